The molecule has 0 radical (unpaired) electrons. The lowest BCUT2D eigenvalue weighted by Gasteiger charge is -2.28. The normalized spacial score (nSPS) is 14.2. The summed E-state index contributed by atoms with van der Waals surface area (Å²) < 4.78 is 0.798. The monoisotopic (exact) mass is 404 g/mol. The molecule has 0 bridgehead atoms. The van der Waals surface area contributed by atoms with Gasteiger partial charge in [-0.05, 0) is 59.5 Å². The number of nitrogens with zero attached hydrogens (tertiary/aromatic N) is 3. The second kappa shape index (κ2) is 7.60. The Labute approximate surface area is 153 Å². The number of anilines is 2. The maximum atomic E-state index is 12.4. The fourth-order valence-electron chi connectivity index (χ4n) is 2.85. The van der Waals surface area contributed by atoms with E-state index >= 15 is 0 Å². The van der Waals surface area contributed by atoms with E-state index in [-0.39, 0.29) is 11.3 Å². The van der Waals surface area contributed by atoms with Gasteiger partial charge in [0.05, 0.1) is 4.92 Å². The Morgan fingerprint density at radius 3 is 2.60 bits per heavy atom. The van der Waals surface area contributed by atoms with Crippen LogP contribution in [-0.4, -0.2) is 28.9 Å². The van der Waals surface area contributed by atoms with Crippen molar-refractivity contribution in [1.82, 2.24) is 4.98 Å². The van der Waals surface area contributed by atoms with Crippen LogP contribution >= 0.6 is 15.9 Å². The van der Waals surface area contributed by atoms with Gasteiger partial charge < -0.3 is 10.2 Å². The van der Waals surface area contributed by atoms with E-state index in [0.717, 1.165) is 36.8 Å². The van der Waals surface area contributed by atoms with Gasteiger partial charge in [0.25, 0.3) is 11.6 Å². The van der Waals surface area contributed by atoms with Gasteiger partial charge in [-0.25, -0.2) is 4.98 Å². The van der Waals surface area contributed by atoms with Gasteiger partial charge in [0.15, 0.2) is 0 Å². The standard InChI is InChI=1S/C17H17BrN4O3/c18-13-5-7-16(19-11-13)20-17(23)12-4-6-14(15(10-12)22(24)25)21-8-2-1-3-9-21/h4-7,10-11H,1-3,8-9H2,(H,19,20,23). The van der Waals surface area contributed by atoms with E-state index < -0.39 is 10.8 Å². The molecule has 7 nitrogen and oxygen atoms in total. The summed E-state index contributed by atoms with van der Waals surface area (Å²) in [6.45, 7) is 1.60. The summed E-state index contributed by atoms with van der Waals surface area (Å²) in [5.74, 6) is -0.0425. The number of amides is 1. The first-order valence-electron chi connectivity index (χ1n) is 8.01. The number of nitro benzene ring substituents is 1. The summed E-state index contributed by atoms with van der Waals surface area (Å²) in [5.41, 5.74) is 0.763. The molecule has 0 atom stereocenters. The van der Waals surface area contributed by atoms with Crippen LogP contribution in [0.5, 0.6) is 0 Å². The number of rotatable bonds is 4. The summed E-state index contributed by atoms with van der Waals surface area (Å²) in [5, 5.41) is 14.1. The van der Waals surface area contributed by atoms with E-state index in [1.165, 1.54) is 6.07 Å². The fourth-order valence-corrected chi connectivity index (χ4v) is 3.09. The van der Waals surface area contributed by atoms with Crippen molar-refractivity contribution in [1.29, 1.82) is 0 Å². The summed E-state index contributed by atoms with van der Waals surface area (Å²) in [4.78, 5) is 29.5. The van der Waals surface area contributed by atoms with Crippen LogP contribution in [0, 0.1) is 10.1 Å². The van der Waals surface area contributed by atoms with Crippen molar-refractivity contribution >= 4 is 39.0 Å². The van der Waals surface area contributed by atoms with Crippen molar-refractivity contribution in [3.8, 4) is 0 Å². The molecule has 2 heterocycles. The molecule has 1 N–H and O–H groups in total. The van der Waals surface area contributed by atoms with E-state index in [1.807, 2.05) is 4.90 Å². The number of piperidine rings is 1. The molecule has 0 spiro atoms. The van der Waals surface area contributed by atoms with E-state index in [1.54, 1.807) is 30.5 Å². The molecule has 1 aliphatic heterocycles. The average Bonchev–Trinajstić information content (AvgIpc) is 2.63. The molecule has 25 heavy (non-hydrogen) atoms. The molecule has 0 unspecified atom stereocenters. The molecule has 1 amide bonds. The highest BCUT2D eigenvalue weighted by atomic mass is 79.9. The van der Waals surface area contributed by atoms with Crippen LogP contribution < -0.4 is 10.2 Å². The SMILES string of the molecule is O=C(Nc1ccc(Br)cn1)c1ccc(N2CCCCC2)c([N+](=O)[O-])c1. The molecule has 3 rings (SSSR count). The number of carbonyl (C=O) groups excluding carboxylic acids is 1. The van der Waals surface area contributed by atoms with Gasteiger partial charge in [0.2, 0.25) is 0 Å². The largest absolute Gasteiger partial charge is 0.366 e. The Bertz CT molecular complexity index is 789. The molecule has 1 aliphatic rings. The van der Waals surface area contributed by atoms with Crippen LogP contribution in [0.1, 0.15) is 29.6 Å². The minimum Gasteiger partial charge on any atom is -0.366 e. The first-order valence-corrected chi connectivity index (χ1v) is 8.80. The second-order valence-corrected chi connectivity index (χ2v) is 6.74. The van der Waals surface area contributed by atoms with Crippen LogP contribution in [0.4, 0.5) is 17.2 Å². The lowest BCUT2D eigenvalue weighted by Crippen LogP contribution is -2.30. The molecule has 130 valence electrons. The fraction of sp³-hybridized carbons (Fsp3) is 0.294. The summed E-state index contributed by atoms with van der Waals surface area (Å²) in [6, 6.07) is 8.01. The molecule has 0 aliphatic carbocycles. The topological polar surface area (TPSA) is 88.4 Å². The van der Waals surface area contributed by atoms with Gasteiger partial charge in [0.1, 0.15) is 11.5 Å². The van der Waals surface area contributed by atoms with Crippen molar-refractivity contribution in [2.45, 2.75) is 19.3 Å². The molecular formula is C17H17BrN4O3. The number of nitrogens with one attached hydrogen (secondary N) is 1. The van der Waals surface area contributed by atoms with Gasteiger partial charge in [-0.1, -0.05) is 0 Å². The van der Waals surface area contributed by atoms with Crippen LogP contribution in [-0.2, 0) is 0 Å². The lowest BCUT2D eigenvalue weighted by atomic mass is 10.1. The van der Waals surface area contributed by atoms with Gasteiger partial charge in [-0.3, -0.25) is 14.9 Å². The number of nitro groups is 1. The number of pyridine rings is 1. The van der Waals surface area contributed by atoms with Crippen molar-refractivity contribution in [3.63, 3.8) is 0 Å². The van der Waals surface area contributed by atoms with Crippen LogP contribution in [0.2, 0.25) is 0 Å². The molecule has 8 heteroatoms. The Morgan fingerprint density at radius 1 is 1.20 bits per heavy atom. The smallest absolute Gasteiger partial charge is 0.293 e. The van der Waals surface area contributed by atoms with Gasteiger partial charge in [-0.2, -0.15) is 0 Å². The molecule has 2 aromatic rings. The maximum absolute atomic E-state index is 12.4. The van der Waals surface area contributed by atoms with Crippen molar-refractivity contribution in [2.75, 3.05) is 23.3 Å². The van der Waals surface area contributed by atoms with Crippen LogP contribution in [0.25, 0.3) is 0 Å². The van der Waals surface area contributed by atoms with E-state index in [4.69, 9.17) is 0 Å². The first kappa shape index (κ1) is 17.3. The number of hydrogen-bond acceptors (Lipinski definition) is 5. The Balaban J connectivity index is 1.84. The minimum absolute atomic E-state index is 0.0432. The quantitative estimate of drug-likeness (QED) is 0.614. The number of halogens is 1. The van der Waals surface area contributed by atoms with Crippen molar-refractivity contribution < 1.29 is 9.72 Å². The zero-order valence-corrected chi connectivity index (χ0v) is 15.0. The van der Waals surface area contributed by atoms with Gasteiger partial charge >= 0.3 is 0 Å². The third-order valence-electron chi connectivity index (χ3n) is 4.10. The first-order chi connectivity index (χ1) is 12.0. The minimum atomic E-state index is -0.432. The second-order valence-electron chi connectivity index (χ2n) is 5.82. The average molecular weight is 405 g/mol. The van der Waals surface area contributed by atoms with E-state index in [9.17, 15) is 14.9 Å². The highest BCUT2D eigenvalue weighted by Gasteiger charge is 2.23. The number of carbonyl (C=O) groups is 1. The molecule has 1 fully saturated rings. The highest BCUT2D eigenvalue weighted by Crippen LogP contribution is 2.31. The predicted molar refractivity (Wildman–Crippen MR) is 99.1 cm³/mol. The number of hydrogen-bond donors (Lipinski definition) is 1. The third kappa shape index (κ3) is 4.14. The Kier molecular flexibility index (Phi) is 5.28. The zero-order chi connectivity index (χ0) is 17.8. The maximum Gasteiger partial charge on any atom is 0.293 e. The summed E-state index contributed by atoms with van der Waals surface area (Å²) in [7, 11) is 0. The number of benzene rings is 1. The van der Waals surface area contributed by atoms with Crippen LogP contribution in [0.15, 0.2) is 41.0 Å². The molecule has 1 aromatic heterocycles. The summed E-state index contributed by atoms with van der Waals surface area (Å²) >= 11 is 3.27. The highest BCUT2D eigenvalue weighted by molar-refractivity contribution is 9.10. The third-order valence-corrected chi connectivity index (χ3v) is 4.57. The Hall–Kier alpha value is -2.48. The zero-order valence-electron chi connectivity index (χ0n) is 13.4. The Morgan fingerprint density at radius 2 is 1.96 bits per heavy atom. The van der Waals surface area contributed by atoms with Gasteiger partial charge in [0, 0.05) is 35.4 Å². The molecule has 1 aromatic carbocycles. The van der Waals surface area contributed by atoms with E-state index in [0.29, 0.717) is 11.5 Å². The predicted octanol–water partition coefficient (Wildman–Crippen LogP) is 3.99. The molecule has 1 saturated heterocycles. The van der Waals surface area contributed by atoms with Gasteiger partial charge in [-0.15, -0.1) is 0 Å². The van der Waals surface area contributed by atoms with Crippen LogP contribution in [0.3, 0.4) is 0 Å². The van der Waals surface area contributed by atoms with Crippen molar-refractivity contribution in [2.24, 2.45) is 0 Å². The molecular weight excluding hydrogens is 388 g/mol. The summed E-state index contributed by atoms with van der Waals surface area (Å²) in [6.07, 6.45) is 4.76. The lowest BCUT2D eigenvalue weighted by molar-refractivity contribution is -0.384. The van der Waals surface area contributed by atoms with E-state index in [2.05, 4.69) is 26.2 Å². The number of aromatic nitrogens is 1. The molecule has 0 saturated carbocycles. The van der Waals surface area contributed by atoms with Crippen molar-refractivity contribution in [3.05, 3.63) is 56.7 Å².